The Morgan fingerprint density at radius 3 is 2.50 bits per heavy atom. The number of halogens is 3. The molecule has 138 valence electrons. The highest BCUT2D eigenvalue weighted by Gasteiger charge is 2.11. The van der Waals surface area contributed by atoms with Crippen LogP contribution in [-0.4, -0.2) is 19.6 Å². The number of methoxy groups -OCH3 is 1. The van der Waals surface area contributed by atoms with E-state index in [1.165, 1.54) is 13.2 Å². The van der Waals surface area contributed by atoms with Gasteiger partial charge in [-0.15, -0.1) is 0 Å². The summed E-state index contributed by atoms with van der Waals surface area (Å²) in [5.41, 5.74) is 0.200. The Morgan fingerprint density at radius 2 is 1.81 bits per heavy atom. The highest BCUT2D eigenvalue weighted by atomic mass is 19.2. The van der Waals surface area contributed by atoms with Crippen molar-refractivity contribution in [3.05, 3.63) is 59.4 Å². The van der Waals surface area contributed by atoms with Crippen LogP contribution in [0.4, 0.5) is 18.9 Å². The first-order valence-electron chi connectivity index (χ1n) is 7.89. The van der Waals surface area contributed by atoms with Gasteiger partial charge in [-0.1, -0.05) is 13.0 Å². The Morgan fingerprint density at radius 1 is 1.08 bits per heavy atom. The molecule has 7 heteroatoms. The summed E-state index contributed by atoms with van der Waals surface area (Å²) in [4.78, 5) is 11.9. The summed E-state index contributed by atoms with van der Waals surface area (Å²) >= 11 is 0. The summed E-state index contributed by atoms with van der Waals surface area (Å²) in [5.74, 6) is -3.25. The van der Waals surface area contributed by atoms with Gasteiger partial charge < -0.3 is 14.8 Å². The topological polar surface area (TPSA) is 47.6 Å². The number of ether oxygens (including phenoxy) is 2. The zero-order valence-corrected chi connectivity index (χ0v) is 14.3. The molecule has 4 nitrogen and oxygen atoms in total. The summed E-state index contributed by atoms with van der Waals surface area (Å²) in [7, 11) is 1.50. The second kappa shape index (κ2) is 8.94. The lowest BCUT2D eigenvalue weighted by Crippen LogP contribution is -2.10. The fourth-order valence-corrected chi connectivity index (χ4v) is 2.08. The van der Waals surface area contributed by atoms with Crippen molar-refractivity contribution in [3.63, 3.8) is 0 Å². The van der Waals surface area contributed by atoms with E-state index >= 15 is 0 Å². The molecule has 0 bridgehead atoms. The first-order chi connectivity index (χ1) is 12.4. The second-order valence-electron chi connectivity index (χ2n) is 5.33. The third-order valence-electron chi connectivity index (χ3n) is 3.34. The standard InChI is InChI=1S/C19H18F3NO3/c1-3-8-26-17-6-4-12(9-18(17)25-2)5-7-19(24)23-16-11-14(21)13(20)10-15(16)22/h4-7,9-11H,3,8H2,1-2H3,(H,23,24). The van der Waals surface area contributed by atoms with Crippen LogP contribution in [0.25, 0.3) is 6.08 Å². The van der Waals surface area contributed by atoms with Crippen LogP contribution in [0.5, 0.6) is 11.5 Å². The van der Waals surface area contributed by atoms with E-state index in [1.807, 2.05) is 6.92 Å². The molecule has 2 aromatic carbocycles. The molecule has 0 saturated carbocycles. The minimum atomic E-state index is -1.33. The third kappa shape index (κ3) is 5.02. The molecule has 2 aromatic rings. The van der Waals surface area contributed by atoms with Crippen LogP contribution in [0.2, 0.25) is 0 Å². The van der Waals surface area contributed by atoms with Gasteiger partial charge in [0, 0.05) is 18.2 Å². The fourth-order valence-electron chi connectivity index (χ4n) is 2.08. The Hall–Kier alpha value is -2.96. The van der Waals surface area contributed by atoms with Crippen molar-refractivity contribution in [2.24, 2.45) is 0 Å². The van der Waals surface area contributed by atoms with E-state index in [9.17, 15) is 18.0 Å². The van der Waals surface area contributed by atoms with Gasteiger partial charge in [-0.25, -0.2) is 13.2 Å². The van der Waals surface area contributed by atoms with Gasteiger partial charge in [-0.2, -0.15) is 0 Å². The Bertz CT molecular complexity index is 822. The molecule has 2 rings (SSSR count). The van der Waals surface area contributed by atoms with Crippen LogP contribution < -0.4 is 14.8 Å². The molecule has 0 aliphatic rings. The number of anilines is 1. The normalized spacial score (nSPS) is 10.8. The van der Waals surface area contributed by atoms with Crippen molar-refractivity contribution < 1.29 is 27.4 Å². The predicted octanol–water partition coefficient (Wildman–Crippen LogP) is 4.55. The van der Waals surface area contributed by atoms with Crippen molar-refractivity contribution in [2.75, 3.05) is 19.0 Å². The van der Waals surface area contributed by atoms with E-state index in [0.29, 0.717) is 35.8 Å². The lowest BCUT2D eigenvalue weighted by atomic mass is 10.2. The molecule has 26 heavy (non-hydrogen) atoms. The summed E-state index contributed by atoms with van der Waals surface area (Å²) in [6.45, 7) is 2.53. The number of carbonyl (C=O) groups excluding carboxylic acids is 1. The van der Waals surface area contributed by atoms with Crippen molar-refractivity contribution in [1.82, 2.24) is 0 Å². The second-order valence-corrected chi connectivity index (χ2v) is 5.33. The van der Waals surface area contributed by atoms with Gasteiger partial charge in [0.2, 0.25) is 5.91 Å². The summed E-state index contributed by atoms with van der Waals surface area (Å²) in [6, 6.07) is 6.05. The monoisotopic (exact) mass is 365 g/mol. The molecule has 1 N–H and O–H groups in total. The molecule has 0 spiro atoms. The molecular weight excluding hydrogens is 347 g/mol. The number of benzene rings is 2. The van der Waals surface area contributed by atoms with Gasteiger partial charge in [0.25, 0.3) is 0 Å². The average molecular weight is 365 g/mol. The molecule has 0 saturated heterocycles. The van der Waals surface area contributed by atoms with Gasteiger partial charge in [0.1, 0.15) is 5.82 Å². The molecule has 0 fully saturated rings. The van der Waals surface area contributed by atoms with Crippen LogP contribution in [0.1, 0.15) is 18.9 Å². The summed E-state index contributed by atoms with van der Waals surface area (Å²) in [6.07, 6.45) is 3.47. The number of rotatable bonds is 7. The molecule has 0 unspecified atom stereocenters. The van der Waals surface area contributed by atoms with E-state index in [2.05, 4.69) is 5.32 Å². The van der Waals surface area contributed by atoms with Crippen molar-refractivity contribution in [2.45, 2.75) is 13.3 Å². The highest BCUT2D eigenvalue weighted by molar-refractivity contribution is 6.02. The molecule has 0 atom stereocenters. The van der Waals surface area contributed by atoms with Crippen LogP contribution >= 0.6 is 0 Å². The minimum absolute atomic E-state index is 0.370. The predicted molar refractivity (Wildman–Crippen MR) is 92.8 cm³/mol. The SMILES string of the molecule is CCCOc1ccc(C=CC(=O)Nc2cc(F)c(F)cc2F)cc1OC. The van der Waals surface area contributed by atoms with Gasteiger partial charge in [0.05, 0.1) is 19.4 Å². The van der Waals surface area contributed by atoms with Crippen molar-refractivity contribution in [1.29, 1.82) is 0 Å². The number of hydrogen-bond acceptors (Lipinski definition) is 3. The number of carbonyl (C=O) groups is 1. The maximum Gasteiger partial charge on any atom is 0.248 e. The van der Waals surface area contributed by atoms with Gasteiger partial charge >= 0.3 is 0 Å². The largest absolute Gasteiger partial charge is 0.493 e. The number of hydrogen-bond donors (Lipinski definition) is 1. The zero-order chi connectivity index (χ0) is 19.1. The molecular formula is C19H18F3NO3. The van der Waals surface area contributed by atoms with E-state index in [4.69, 9.17) is 9.47 Å². The maximum atomic E-state index is 13.5. The lowest BCUT2D eigenvalue weighted by Gasteiger charge is -2.10. The van der Waals surface area contributed by atoms with Crippen molar-refractivity contribution in [3.8, 4) is 11.5 Å². The zero-order valence-electron chi connectivity index (χ0n) is 14.3. The highest BCUT2D eigenvalue weighted by Crippen LogP contribution is 2.28. The average Bonchev–Trinajstić information content (AvgIpc) is 2.63. The third-order valence-corrected chi connectivity index (χ3v) is 3.34. The van der Waals surface area contributed by atoms with Crippen LogP contribution in [0, 0.1) is 17.5 Å². The summed E-state index contributed by atoms with van der Waals surface area (Å²) < 4.78 is 50.3. The summed E-state index contributed by atoms with van der Waals surface area (Å²) in [5, 5.41) is 2.15. The van der Waals surface area contributed by atoms with Crippen LogP contribution in [0.3, 0.4) is 0 Å². The first kappa shape index (κ1) is 19.4. The van der Waals surface area contributed by atoms with Gasteiger partial charge in [-0.3, -0.25) is 4.79 Å². The number of amides is 1. The van der Waals surface area contributed by atoms with Gasteiger partial charge in [0.15, 0.2) is 23.1 Å². The lowest BCUT2D eigenvalue weighted by molar-refractivity contribution is -0.111. The fraction of sp³-hybridized carbons (Fsp3) is 0.211. The van der Waals surface area contributed by atoms with E-state index in [1.54, 1.807) is 18.2 Å². The quantitative estimate of drug-likeness (QED) is 0.578. The molecule has 0 aliphatic carbocycles. The molecule has 0 radical (unpaired) electrons. The Labute approximate surface area is 149 Å². The number of nitrogens with one attached hydrogen (secondary N) is 1. The van der Waals surface area contributed by atoms with E-state index in [-0.39, 0.29) is 0 Å². The Kier molecular flexibility index (Phi) is 6.66. The Balaban J connectivity index is 2.09. The van der Waals surface area contributed by atoms with Crippen LogP contribution in [-0.2, 0) is 4.79 Å². The first-order valence-corrected chi connectivity index (χ1v) is 7.89. The van der Waals surface area contributed by atoms with Crippen molar-refractivity contribution >= 4 is 17.7 Å². The van der Waals surface area contributed by atoms with E-state index < -0.39 is 29.0 Å². The minimum Gasteiger partial charge on any atom is -0.493 e. The van der Waals surface area contributed by atoms with Crippen LogP contribution in [0.15, 0.2) is 36.4 Å². The smallest absolute Gasteiger partial charge is 0.248 e. The maximum absolute atomic E-state index is 13.5. The molecule has 1 amide bonds. The molecule has 0 aromatic heterocycles. The van der Waals surface area contributed by atoms with Gasteiger partial charge in [-0.05, 0) is 30.2 Å². The molecule has 0 aliphatic heterocycles. The van der Waals surface area contributed by atoms with E-state index in [0.717, 1.165) is 12.5 Å². The molecule has 0 heterocycles.